The molecule has 0 amide bonds. The van der Waals surface area contributed by atoms with Gasteiger partial charge in [-0.15, -0.1) is 0 Å². The van der Waals surface area contributed by atoms with E-state index in [2.05, 4.69) is 88.6 Å². The van der Waals surface area contributed by atoms with Gasteiger partial charge in [0.25, 0.3) is 0 Å². The lowest BCUT2D eigenvalue weighted by molar-refractivity contribution is -0.151. The Labute approximate surface area is 486 Å². The number of hydrogen-bond acceptors (Lipinski definition) is 15. The van der Waals surface area contributed by atoms with Crippen molar-refractivity contribution < 1.29 is 70.7 Å². The summed E-state index contributed by atoms with van der Waals surface area (Å²) in [6.07, 6.45) is 9.77. The van der Waals surface area contributed by atoms with Crippen LogP contribution in [-0.2, 0) is 62.7 Å². The zero-order valence-corrected chi connectivity index (χ0v) is 51.6. The van der Waals surface area contributed by atoms with Gasteiger partial charge in [-0.25, -0.2) is 0 Å². The Hall–Kier alpha value is -6.35. The Morgan fingerprint density at radius 3 is 1.60 bits per heavy atom. The number of fused-ring (bicyclic) bond motifs is 8. The first-order chi connectivity index (χ1) is 39.5. The van der Waals surface area contributed by atoms with Crippen molar-refractivity contribution in [2.24, 2.45) is 0 Å². The molecule has 0 aromatic heterocycles. The van der Waals surface area contributed by atoms with E-state index in [1.165, 1.54) is 29.4 Å². The number of esters is 4. The summed E-state index contributed by atoms with van der Waals surface area (Å²) in [6, 6.07) is 32.3. The summed E-state index contributed by atoms with van der Waals surface area (Å²) in [6.45, 7) is 15.7. The maximum atomic E-state index is 13.1. The average molecular weight is 1160 g/mol. The molecule has 82 heavy (non-hydrogen) atoms. The molecule has 0 radical (unpaired) electrons. The van der Waals surface area contributed by atoms with Gasteiger partial charge in [0.1, 0.15) is 42.8 Å². The first-order valence-electron chi connectivity index (χ1n) is 29.0. The van der Waals surface area contributed by atoms with Crippen LogP contribution >= 0.6 is 0 Å². The van der Waals surface area contributed by atoms with Crippen LogP contribution in [0.3, 0.4) is 0 Å². The van der Waals surface area contributed by atoms with Gasteiger partial charge in [-0.05, 0) is 140 Å². The van der Waals surface area contributed by atoms with Crippen LogP contribution in [-0.4, -0.2) is 115 Å². The fourth-order valence-electron chi connectivity index (χ4n) is 11.6. The number of benzene rings is 5. The fourth-order valence-corrected chi connectivity index (χ4v) is 20.4. The minimum atomic E-state index is -1.97. The molecule has 0 saturated heterocycles. The van der Waals surface area contributed by atoms with Crippen molar-refractivity contribution in [1.82, 2.24) is 0 Å². The van der Waals surface area contributed by atoms with Crippen LogP contribution in [0, 0.1) is 0 Å². The Morgan fingerprint density at radius 1 is 0.549 bits per heavy atom. The van der Waals surface area contributed by atoms with Crippen LogP contribution in [0.1, 0.15) is 106 Å². The lowest BCUT2D eigenvalue weighted by atomic mass is 9.69. The molecule has 0 bridgehead atoms. The third-order valence-corrected chi connectivity index (χ3v) is 22.7. The lowest BCUT2D eigenvalue weighted by Crippen LogP contribution is -2.44. The standard InChI is InChI=1S/C65H84O15Si2/c1-10-33-64(34-11-2)56-17-13-12-16-53(56)61-52-27-26-51(72-5)46-55(52)63-54(62(61)64)32-35-65(79-63,47-18-22-49(71-4)23-19-47)48-20-24-50(25-21-48)78-60(69)31-30-59(68)77-43-40-74-37-15-45-82(8,9)80-81(6,7)44-14-36-73-39-42-76-58(67)29-28-57(66)75-41-38-70-3/h12-13,16-27,32,35,46H,10-11,14-15,28-31,33-34,36-45H2,1-9H3. The molecule has 17 heteroatoms. The summed E-state index contributed by atoms with van der Waals surface area (Å²) in [5.74, 6) is 0.584. The van der Waals surface area contributed by atoms with Crippen LogP contribution in [0.15, 0.2) is 97.1 Å². The fraction of sp³-hybridized carbons (Fsp3) is 0.477. The zero-order chi connectivity index (χ0) is 58.8. The van der Waals surface area contributed by atoms with Crippen molar-refractivity contribution in [2.75, 3.05) is 74.2 Å². The minimum Gasteiger partial charge on any atom is -0.497 e. The van der Waals surface area contributed by atoms with E-state index in [4.69, 9.17) is 51.5 Å². The van der Waals surface area contributed by atoms with Crippen molar-refractivity contribution in [3.8, 4) is 34.1 Å². The molecule has 7 rings (SSSR count). The van der Waals surface area contributed by atoms with Gasteiger partial charge in [-0.3, -0.25) is 19.2 Å². The maximum absolute atomic E-state index is 13.1. The first-order valence-corrected chi connectivity index (χ1v) is 35.2. The Bertz CT molecular complexity index is 2970. The smallest absolute Gasteiger partial charge is 0.311 e. The highest BCUT2D eigenvalue weighted by atomic mass is 28.4. The molecule has 0 N–H and O–H groups in total. The second-order valence-electron chi connectivity index (χ2n) is 22.1. The third kappa shape index (κ3) is 16.0. The molecule has 1 heterocycles. The largest absolute Gasteiger partial charge is 0.497 e. The topological polar surface area (TPSA) is 170 Å². The number of carbonyl (C=O) groups is 4. The van der Waals surface area contributed by atoms with Crippen molar-refractivity contribution >= 4 is 57.4 Å². The van der Waals surface area contributed by atoms with E-state index >= 15 is 0 Å². The minimum absolute atomic E-state index is 0.0358. The van der Waals surface area contributed by atoms with E-state index < -0.39 is 46.1 Å². The van der Waals surface area contributed by atoms with Gasteiger partial charge in [-0.1, -0.05) is 81.3 Å². The Balaban J connectivity index is 0.875. The van der Waals surface area contributed by atoms with E-state index in [9.17, 15) is 19.2 Å². The second-order valence-corrected chi connectivity index (χ2v) is 31.0. The van der Waals surface area contributed by atoms with E-state index in [0.717, 1.165) is 95.3 Å². The molecular weight excluding hydrogens is 1080 g/mol. The number of carbonyl (C=O) groups excluding carboxylic acids is 4. The number of hydrogen-bond donors (Lipinski definition) is 0. The third-order valence-electron chi connectivity index (χ3n) is 15.1. The zero-order valence-electron chi connectivity index (χ0n) is 49.6. The van der Waals surface area contributed by atoms with Gasteiger partial charge in [0.2, 0.25) is 0 Å². The van der Waals surface area contributed by atoms with Crippen LogP contribution < -0.4 is 18.9 Å². The summed E-state index contributed by atoms with van der Waals surface area (Å²) in [7, 11) is 0.929. The summed E-state index contributed by atoms with van der Waals surface area (Å²) in [5, 5.41) is 2.07. The summed E-state index contributed by atoms with van der Waals surface area (Å²) < 4.78 is 63.3. The van der Waals surface area contributed by atoms with Gasteiger partial charge in [0.15, 0.2) is 22.2 Å². The molecule has 0 spiro atoms. The molecule has 1 aliphatic carbocycles. The van der Waals surface area contributed by atoms with Gasteiger partial charge >= 0.3 is 23.9 Å². The molecule has 1 atom stereocenters. The predicted molar refractivity (Wildman–Crippen MR) is 322 cm³/mol. The molecule has 1 unspecified atom stereocenters. The van der Waals surface area contributed by atoms with Gasteiger partial charge in [0.05, 0.1) is 59.7 Å². The number of methoxy groups -OCH3 is 3. The van der Waals surface area contributed by atoms with Crippen LogP contribution in [0.2, 0.25) is 38.3 Å². The van der Waals surface area contributed by atoms with Crippen molar-refractivity contribution in [2.45, 2.75) is 127 Å². The lowest BCUT2D eigenvalue weighted by Gasteiger charge is -2.40. The van der Waals surface area contributed by atoms with Crippen molar-refractivity contribution in [3.05, 3.63) is 125 Å². The van der Waals surface area contributed by atoms with Gasteiger partial charge < -0.3 is 51.5 Å². The molecule has 5 aromatic carbocycles. The van der Waals surface area contributed by atoms with E-state index in [1.54, 1.807) is 26.4 Å². The summed E-state index contributed by atoms with van der Waals surface area (Å²) in [4.78, 5) is 49.3. The predicted octanol–water partition coefficient (Wildman–Crippen LogP) is 13.1. The number of rotatable bonds is 34. The highest BCUT2D eigenvalue weighted by molar-refractivity contribution is 6.84. The van der Waals surface area contributed by atoms with Crippen LogP contribution in [0.5, 0.6) is 23.0 Å². The SMILES string of the molecule is CCCC1(CCC)c2ccccc2-c2c1c1c(c3cc(OC)ccc23)OC(c2ccc(OC)cc2)(c2ccc(OC(=O)CCC(=O)OCCOCCC[Si](C)(C)O[Si](C)(C)CCCOCCOC(=O)CCC(=O)OCCOC)cc2)C=C1. The maximum Gasteiger partial charge on any atom is 0.311 e. The normalized spacial score (nSPS) is 15.0. The molecule has 0 fully saturated rings. The molecule has 1 aliphatic heterocycles. The molecular formula is C65H84O15Si2. The van der Waals surface area contributed by atoms with Crippen LogP contribution in [0.4, 0.5) is 0 Å². The van der Waals surface area contributed by atoms with E-state index in [1.807, 2.05) is 42.5 Å². The molecule has 5 aromatic rings. The Kier molecular flexibility index (Phi) is 23.0. The quantitative estimate of drug-likeness (QED) is 0.0125. The molecule has 442 valence electrons. The summed E-state index contributed by atoms with van der Waals surface area (Å²) in [5.41, 5.74) is 6.70. The van der Waals surface area contributed by atoms with Gasteiger partial charge in [-0.2, -0.15) is 0 Å². The molecule has 0 saturated carbocycles. The van der Waals surface area contributed by atoms with Gasteiger partial charge in [0, 0.05) is 47.8 Å². The monoisotopic (exact) mass is 1160 g/mol. The first kappa shape index (κ1) is 63.2. The average Bonchev–Trinajstić information content (AvgIpc) is 1.83. The second kappa shape index (κ2) is 29.8. The highest BCUT2D eigenvalue weighted by Gasteiger charge is 2.48. The van der Waals surface area contributed by atoms with E-state index in [0.29, 0.717) is 25.6 Å². The van der Waals surface area contributed by atoms with Crippen LogP contribution in [0.25, 0.3) is 28.0 Å². The summed E-state index contributed by atoms with van der Waals surface area (Å²) >= 11 is 0. The highest BCUT2D eigenvalue weighted by Crippen LogP contribution is 2.61. The molecule has 2 aliphatic rings. The number of ether oxygens (including phenoxy) is 10. The Morgan fingerprint density at radius 2 is 1.06 bits per heavy atom. The van der Waals surface area contributed by atoms with E-state index in [-0.39, 0.29) is 64.1 Å². The van der Waals surface area contributed by atoms with Crippen molar-refractivity contribution in [3.63, 3.8) is 0 Å². The molecule has 15 nitrogen and oxygen atoms in total. The van der Waals surface area contributed by atoms with Crippen molar-refractivity contribution in [1.29, 1.82) is 0 Å².